The van der Waals surface area contributed by atoms with Crippen molar-refractivity contribution in [1.29, 1.82) is 0 Å². The lowest BCUT2D eigenvalue weighted by Crippen LogP contribution is -2.30. The standard InChI is InChI=1S/C31H39FO/c1-3-5-7-8-23-9-10-28-21-27(16-15-26(28)20-23)24-11-13-25(14-12-24)29-17-18-31(30(32)22-29)33-19-6-4-2/h3-6,11-14,17-18,22-23,26-28H,7-10,15-16,19-21H2,1-2H3/b5-3+,6-4+. The number of benzene rings is 2. The SMILES string of the molecule is C/C=C/CCC1CCC2CC(c3ccc(-c4ccc(OC/C=C/C)c(F)c4)cc3)CCC2C1. The Balaban J connectivity index is 1.34. The van der Waals surface area contributed by atoms with Crippen molar-refractivity contribution in [2.24, 2.45) is 17.8 Å². The minimum absolute atomic E-state index is 0.305. The van der Waals surface area contributed by atoms with Gasteiger partial charge in [-0.3, -0.25) is 0 Å². The van der Waals surface area contributed by atoms with Crippen LogP contribution in [-0.2, 0) is 0 Å². The molecule has 4 rings (SSSR count). The third-order valence-corrected chi connectivity index (χ3v) is 7.92. The largest absolute Gasteiger partial charge is 0.486 e. The molecule has 0 amide bonds. The number of hydrogen-bond acceptors (Lipinski definition) is 1. The van der Waals surface area contributed by atoms with Crippen LogP contribution >= 0.6 is 0 Å². The van der Waals surface area contributed by atoms with Gasteiger partial charge in [-0.25, -0.2) is 4.39 Å². The fourth-order valence-corrected chi connectivity index (χ4v) is 6.03. The van der Waals surface area contributed by atoms with Crippen molar-refractivity contribution in [2.75, 3.05) is 6.61 Å². The van der Waals surface area contributed by atoms with Gasteiger partial charge in [-0.2, -0.15) is 0 Å². The lowest BCUT2D eigenvalue weighted by Gasteiger charge is -2.42. The molecule has 0 aromatic heterocycles. The van der Waals surface area contributed by atoms with Crippen molar-refractivity contribution < 1.29 is 9.13 Å². The molecular formula is C31H39FO. The van der Waals surface area contributed by atoms with Crippen molar-refractivity contribution in [2.45, 2.75) is 71.1 Å². The molecule has 4 atom stereocenters. The maximum atomic E-state index is 14.5. The minimum Gasteiger partial charge on any atom is -0.486 e. The van der Waals surface area contributed by atoms with Gasteiger partial charge < -0.3 is 4.74 Å². The molecule has 0 heterocycles. The van der Waals surface area contributed by atoms with E-state index < -0.39 is 0 Å². The second-order valence-electron chi connectivity index (χ2n) is 10.0. The van der Waals surface area contributed by atoms with E-state index in [0.717, 1.165) is 28.9 Å². The zero-order chi connectivity index (χ0) is 23.0. The minimum atomic E-state index is -0.305. The second kappa shape index (κ2) is 11.7. The number of allylic oxidation sites excluding steroid dienone is 3. The van der Waals surface area contributed by atoms with Gasteiger partial charge >= 0.3 is 0 Å². The Hall–Kier alpha value is -2.35. The van der Waals surface area contributed by atoms with E-state index in [-0.39, 0.29) is 5.82 Å². The molecule has 0 N–H and O–H groups in total. The molecule has 2 saturated carbocycles. The van der Waals surface area contributed by atoms with E-state index in [4.69, 9.17) is 4.74 Å². The van der Waals surface area contributed by atoms with Crippen LogP contribution in [0.4, 0.5) is 4.39 Å². The predicted octanol–water partition coefficient (Wildman–Crippen LogP) is 9.10. The maximum absolute atomic E-state index is 14.5. The van der Waals surface area contributed by atoms with Crippen LogP contribution in [0.3, 0.4) is 0 Å². The summed E-state index contributed by atoms with van der Waals surface area (Å²) < 4.78 is 19.9. The van der Waals surface area contributed by atoms with Gasteiger partial charge in [0.25, 0.3) is 0 Å². The van der Waals surface area contributed by atoms with Gasteiger partial charge in [-0.15, -0.1) is 0 Å². The molecule has 0 radical (unpaired) electrons. The summed E-state index contributed by atoms with van der Waals surface area (Å²) in [4.78, 5) is 0. The first kappa shape index (κ1) is 23.8. The molecule has 0 saturated heterocycles. The molecule has 2 aromatic rings. The van der Waals surface area contributed by atoms with Crippen LogP contribution in [0.1, 0.15) is 76.7 Å². The number of fused-ring (bicyclic) bond motifs is 1. The highest BCUT2D eigenvalue weighted by Gasteiger charge is 2.35. The number of ether oxygens (including phenoxy) is 1. The smallest absolute Gasteiger partial charge is 0.165 e. The summed E-state index contributed by atoms with van der Waals surface area (Å²) in [5.41, 5.74) is 3.42. The monoisotopic (exact) mass is 446 g/mol. The highest BCUT2D eigenvalue weighted by atomic mass is 19.1. The molecular weight excluding hydrogens is 407 g/mol. The van der Waals surface area contributed by atoms with E-state index in [1.807, 2.05) is 25.1 Å². The lowest BCUT2D eigenvalue weighted by atomic mass is 9.63. The van der Waals surface area contributed by atoms with Crippen molar-refractivity contribution in [3.63, 3.8) is 0 Å². The van der Waals surface area contributed by atoms with Gasteiger partial charge in [0.05, 0.1) is 0 Å². The van der Waals surface area contributed by atoms with Crippen molar-refractivity contribution in [3.05, 3.63) is 78.1 Å². The van der Waals surface area contributed by atoms with E-state index in [0.29, 0.717) is 18.3 Å². The van der Waals surface area contributed by atoms with Crippen LogP contribution in [0.25, 0.3) is 11.1 Å². The highest BCUT2D eigenvalue weighted by Crippen LogP contribution is 2.48. The fraction of sp³-hybridized carbons (Fsp3) is 0.484. The molecule has 0 bridgehead atoms. The Morgan fingerprint density at radius 3 is 2.33 bits per heavy atom. The van der Waals surface area contributed by atoms with Crippen LogP contribution in [0.15, 0.2) is 66.8 Å². The van der Waals surface area contributed by atoms with Crippen LogP contribution in [0.2, 0.25) is 0 Å². The molecule has 2 aliphatic rings. The van der Waals surface area contributed by atoms with E-state index in [1.165, 1.54) is 56.9 Å². The van der Waals surface area contributed by atoms with Gasteiger partial charge in [-0.05, 0) is 111 Å². The fourth-order valence-electron chi connectivity index (χ4n) is 6.03. The normalized spacial score (nSPS) is 25.4. The van der Waals surface area contributed by atoms with Crippen molar-refractivity contribution >= 4 is 0 Å². The van der Waals surface area contributed by atoms with Gasteiger partial charge in [0.1, 0.15) is 6.61 Å². The van der Waals surface area contributed by atoms with Crippen molar-refractivity contribution in [1.82, 2.24) is 0 Å². The molecule has 4 unspecified atom stereocenters. The third kappa shape index (κ3) is 6.16. The molecule has 0 spiro atoms. The summed E-state index contributed by atoms with van der Waals surface area (Å²) in [6.45, 7) is 4.44. The van der Waals surface area contributed by atoms with E-state index >= 15 is 0 Å². The summed E-state index contributed by atoms with van der Waals surface area (Å²) in [5, 5.41) is 0. The van der Waals surface area contributed by atoms with E-state index in [1.54, 1.807) is 12.1 Å². The van der Waals surface area contributed by atoms with Gasteiger partial charge in [0.2, 0.25) is 0 Å². The molecule has 2 aromatic carbocycles. The van der Waals surface area contributed by atoms with Gasteiger partial charge in [0.15, 0.2) is 11.6 Å². The maximum Gasteiger partial charge on any atom is 0.165 e. The lowest BCUT2D eigenvalue weighted by molar-refractivity contribution is 0.115. The van der Waals surface area contributed by atoms with Gasteiger partial charge in [-0.1, -0.05) is 61.1 Å². The van der Waals surface area contributed by atoms with Crippen LogP contribution in [0, 0.1) is 23.6 Å². The van der Waals surface area contributed by atoms with Gasteiger partial charge in [0, 0.05) is 0 Å². The van der Waals surface area contributed by atoms with Crippen LogP contribution < -0.4 is 4.74 Å². The first-order valence-corrected chi connectivity index (χ1v) is 12.9. The summed E-state index contributed by atoms with van der Waals surface area (Å²) >= 11 is 0. The zero-order valence-electron chi connectivity index (χ0n) is 20.3. The first-order chi connectivity index (χ1) is 16.2. The number of rotatable bonds is 8. The average molecular weight is 447 g/mol. The van der Waals surface area contributed by atoms with Crippen LogP contribution in [0.5, 0.6) is 5.75 Å². The Bertz CT molecular complexity index is 942. The molecule has 2 heteroatoms. The molecule has 1 nitrogen and oxygen atoms in total. The average Bonchev–Trinajstić information content (AvgIpc) is 2.85. The van der Waals surface area contributed by atoms with E-state index in [9.17, 15) is 4.39 Å². The molecule has 2 fully saturated rings. The topological polar surface area (TPSA) is 9.23 Å². The summed E-state index contributed by atoms with van der Waals surface area (Å²) in [6.07, 6.45) is 19.3. The van der Waals surface area contributed by atoms with E-state index in [2.05, 4.69) is 43.3 Å². The molecule has 0 aliphatic heterocycles. The highest BCUT2D eigenvalue weighted by molar-refractivity contribution is 5.64. The summed E-state index contributed by atoms with van der Waals surface area (Å²) in [5.74, 6) is 3.48. The quantitative estimate of drug-likeness (QED) is 0.367. The Labute approximate surface area is 199 Å². The van der Waals surface area contributed by atoms with Crippen LogP contribution in [-0.4, -0.2) is 6.61 Å². The molecule has 176 valence electrons. The summed E-state index contributed by atoms with van der Waals surface area (Å²) in [7, 11) is 0. The predicted molar refractivity (Wildman–Crippen MR) is 137 cm³/mol. The molecule has 2 aliphatic carbocycles. The Morgan fingerprint density at radius 1 is 0.848 bits per heavy atom. The zero-order valence-corrected chi connectivity index (χ0v) is 20.3. The molecule has 33 heavy (non-hydrogen) atoms. The summed E-state index contributed by atoms with van der Waals surface area (Å²) in [6, 6.07) is 14.1. The Kier molecular flexibility index (Phi) is 8.42. The Morgan fingerprint density at radius 2 is 1.58 bits per heavy atom. The number of halogens is 1. The third-order valence-electron chi connectivity index (χ3n) is 7.92. The first-order valence-electron chi connectivity index (χ1n) is 12.9. The van der Waals surface area contributed by atoms with Crippen molar-refractivity contribution in [3.8, 4) is 16.9 Å². The second-order valence-corrected chi connectivity index (χ2v) is 10.0. The number of hydrogen-bond donors (Lipinski definition) is 0.